The van der Waals surface area contributed by atoms with E-state index in [1.807, 2.05) is 58.9 Å². The van der Waals surface area contributed by atoms with E-state index in [2.05, 4.69) is 16.1 Å². The predicted octanol–water partition coefficient (Wildman–Crippen LogP) is 3.20. The van der Waals surface area contributed by atoms with E-state index in [0.29, 0.717) is 25.0 Å². The lowest BCUT2D eigenvalue weighted by atomic mass is 10.1. The molecule has 1 fully saturated rings. The summed E-state index contributed by atoms with van der Waals surface area (Å²) in [6.45, 7) is 4.75. The normalized spacial score (nSPS) is 15.1. The van der Waals surface area contributed by atoms with Gasteiger partial charge in [-0.1, -0.05) is 31.2 Å². The molecule has 0 spiro atoms. The molecule has 1 saturated heterocycles. The molecule has 0 N–H and O–H groups in total. The number of carbonyl (C=O) groups excluding carboxylic acids is 1. The van der Waals surface area contributed by atoms with Crippen LogP contribution in [0.25, 0.3) is 21.8 Å². The number of para-hydroxylation sites is 1. The summed E-state index contributed by atoms with van der Waals surface area (Å²) in [6.07, 6.45) is 2.31. The Morgan fingerprint density at radius 2 is 1.82 bits per heavy atom. The number of rotatable bonds is 5. The molecule has 0 radical (unpaired) electrons. The Balaban J connectivity index is 1.46. The Labute approximate surface area is 197 Å². The number of piperazine rings is 1. The van der Waals surface area contributed by atoms with Crippen LogP contribution in [0.15, 0.2) is 59.5 Å². The highest BCUT2D eigenvalue weighted by atomic mass is 16.5. The summed E-state index contributed by atoms with van der Waals surface area (Å²) in [5, 5.41) is 5.95. The average Bonchev–Trinajstić information content (AvgIpc) is 3.21. The maximum Gasteiger partial charge on any atom is 0.291 e. The van der Waals surface area contributed by atoms with Crippen LogP contribution in [0.4, 0.5) is 5.69 Å². The Kier molecular flexibility index (Phi) is 5.73. The van der Waals surface area contributed by atoms with Crippen molar-refractivity contribution in [2.24, 2.45) is 7.05 Å². The van der Waals surface area contributed by atoms with Crippen LogP contribution in [-0.2, 0) is 11.8 Å². The van der Waals surface area contributed by atoms with Crippen LogP contribution in [0.3, 0.4) is 0 Å². The van der Waals surface area contributed by atoms with Gasteiger partial charge < -0.3 is 19.1 Å². The zero-order chi connectivity index (χ0) is 23.8. The Bertz CT molecular complexity index is 1420. The molecule has 4 aromatic rings. The number of ether oxygens (including phenoxy) is 1. The number of nitrogens with zero attached hydrogens (tertiary/aromatic N) is 5. The fourth-order valence-corrected chi connectivity index (χ4v) is 4.98. The standard InChI is InChI=1S/C26H29N5O3/c1-4-22(25(32)30-14-12-29(13-15-30)18-8-7-9-19(16-18)34-3)31-23-11-6-5-10-20(23)21-17-27-28(2)26(33)24(21)31/h5-11,16-17,22H,4,12-15H2,1-3H3/t22-/m1/s1. The molecule has 2 aromatic carbocycles. The quantitative estimate of drug-likeness (QED) is 0.458. The Morgan fingerprint density at radius 3 is 2.56 bits per heavy atom. The molecule has 2 aromatic heterocycles. The molecular weight excluding hydrogens is 430 g/mol. The van der Waals surface area contributed by atoms with Gasteiger partial charge in [-0.2, -0.15) is 5.10 Å². The van der Waals surface area contributed by atoms with Crippen LogP contribution < -0.4 is 15.2 Å². The van der Waals surface area contributed by atoms with Gasteiger partial charge >= 0.3 is 0 Å². The lowest BCUT2D eigenvalue weighted by Gasteiger charge is -2.38. The van der Waals surface area contributed by atoms with Crippen molar-refractivity contribution >= 4 is 33.4 Å². The molecule has 8 heteroatoms. The third-order valence-electron chi connectivity index (χ3n) is 6.80. The van der Waals surface area contributed by atoms with Crippen LogP contribution in [-0.4, -0.2) is 58.4 Å². The van der Waals surface area contributed by atoms with E-state index in [1.165, 1.54) is 4.68 Å². The van der Waals surface area contributed by atoms with Crippen LogP contribution in [0, 0.1) is 0 Å². The van der Waals surface area contributed by atoms with Crippen molar-refractivity contribution in [1.29, 1.82) is 0 Å². The summed E-state index contributed by atoms with van der Waals surface area (Å²) in [5.74, 6) is 0.874. The number of anilines is 1. The predicted molar refractivity (Wildman–Crippen MR) is 134 cm³/mol. The first kappa shape index (κ1) is 22.0. The third kappa shape index (κ3) is 3.59. The summed E-state index contributed by atoms with van der Waals surface area (Å²) in [4.78, 5) is 31.1. The van der Waals surface area contributed by atoms with E-state index in [1.54, 1.807) is 20.4 Å². The highest BCUT2D eigenvalue weighted by molar-refractivity contribution is 6.08. The third-order valence-corrected chi connectivity index (χ3v) is 6.80. The molecule has 0 saturated carbocycles. The first-order valence-corrected chi connectivity index (χ1v) is 11.7. The van der Waals surface area contributed by atoms with Gasteiger partial charge in [-0.05, 0) is 24.6 Å². The number of benzene rings is 2. The van der Waals surface area contributed by atoms with Gasteiger partial charge in [0.15, 0.2) is 0 Å². The lowest BCUT2D eigenvalue weighted by Crippen LogP contribution is -2.50. The molecule has 3 heterocycles. The summed E-state index contributed by atoms with van der Waals surface area (Å²) in [6, 6.07) is 15.4. The fraction of sp³-hybridized carbons (Fsp3) is 0.346. The summed E-state index contributed by atoms with van der Waals surface area (Å²) >= 11 is 0. The molecule has 5 rings (SSSR count). The number of aryl methyl sites for hydroxylation is 1. The van der Waals surface area contributed by atoms with E-state index >= 15 is 0 Å². The number of methoxy groups -OCH3 is 1. The topological polar surface area (TPSA) is 72.6 Å². The SMILES string of the molecule is CC[C@H](C(=O)N1CCN(c2cccc(OC)c2)CC1)n1c2ccccc2c2cnn(C)c(=O)c21. The maximum absolute atomic E-state index is 13.8. The molecular formula is C26H29N5O3. The molecule has 1 atom stereocenters. The van der Waals surface area contributed by atoms with Gasteiger partial charge in [0.2, 0.25) is 5.91 Å². The van der Waals surface area contributed by atoms with Gasteiger partial charge in [-0.25, -0.2) is 4.68 Å². The molecule has 0 unspecified atom stereocenters. The van der Waals surface area contributed by atoms with E-state index in [-0.39, 0.29) is 11.5 Å². The van der Waals surface area contributed by atoms with Gasteiger partial charge in [0.05, 0.1) is 18.8 Å². The van der Waals surface area contributed by atoms with Gasteiger partial charge in [0.25, 0.3) is 5.56 Å². The van der Waals surface area contributed by atoms with Crippen LogP contribution in [0.1, 0.15) is 19.4 Å². The average molecular weight is 460 g/mol. The summed E-state index contributed by atoms with van der Waals surface area (Å²) in [7, 11) is 3.31. The second-order valence-electron chi connectivity index (χ2n) is 8.66. The molecule has 34 heavy (non-hydrogen) atoms. The minimum absolute atomic E-state index is 0.0503. The minimum Gasteiger partial charge on any atom is -0.497 e. The highest BCUT2D eigenvalue weighted by Gasteiger charge is 2.30. The Morgan fingerprint density at radius 1 is 1.06 bits per heavy atom. The van der Waals surface area contributed by atoms with E-state index in [0.717, 1.165) is 40.8 Å². The van der Waals surface area contributed by atoms with Gasteiger partial charge in [0.1, 0.15) is 17.3 Å². The number of carbonyl (C=O) groups is 1. The largest absolute Gasteiger partial charge is 0.497 e. The maximum atomic E-state index is 13.8. The molecule has 1 amide bonds. The second-order valence-corrected chi connectivity index (χ2v) is 8.66. The van der Waals surface area contributed by atoms with Crippen LogP contribution in [0.2, 0.25) is 0 Å². The van der Waals surface area contributed by atoms with Crippen molar-refractivity contribution in [3.05, 3.63) is 65.1 Å². The Hall–Kier alpha value is -3.81. The van der Waals surface area contributed by atoms with Gasteiger partial charge in [-0.15, -0.1) is 0 Å². The smallest absolute Gasteiger partial charge is 0.291 e. The summed E-state index contributed by atoms with van der Waals surface area (Å²) in [5.41, 5.74) is 2.33. The molecule has 1 aliphatic heterocycles. The number of fused-ring (bicyclic) bond motifs is 3. The summed E-state index contributed by atoms with van der Waals surface area (Å²) < 4.78 is 8.63. The van der Waals surface area contributed by atoms with Crippen LogP contribution in [0.5, 0.6) is 5.75 Å². The first-order chi connectivity index (χ1) is 16.5. The molecule has 1 aliphatic rings. The van der Waals surface area contributed by atoms with Crippen molar-refractivity contribution in [3.8, 4) is 5.75 Å². The zero-order valence-corrected chi connectivity index (χ0v) is 19.8. The first-order valence-electron chi connectivity index (χ1n) is 11.7. The number of hydrogen-bond donors (Lipinski definition) is 0. The molecule has 0 aliphatic carbocycles. The van der Waals surface area contributed by atoms with Crippen molar-refractivity contribution in [2.75, 3.05) is 38.2 Å². The van der Waals surface area contributed by atoms with Gasteiger partial charge in [-0.3, -0.25) is 9.59 Å². The zero-order valence-electron chi connectivity index (χ0n) is 19.8. The van der Waals surface area contributed by atoms with Gasteiger partial charge in [0, 0.05) is 55.8 Å². The van der Waals surface area contributed by atoms with Crippen LogP contribution >= 0.6 is 0 Å². The van der Waals surface area contributed by atoms with Crippen molar-refractivity contribution in [3.63, 3.8) is 0 Å². The molecule has 8 nitrogen and oxygen atoms in total. The van der Waals surface area contributed by atoms with Crippen molar-refractivity contribution in [1.82, 2.24) is 19.2 Å². The highest BCUT2D eigenvalue weighted by Crippen LogP contribution is 2.32. The number of aromatic nitrogens is 3. The van der Waals surface area contributed by atoms with E-state index < -0.39 is 6.04 Å². The van der Waals surface area contributed by atoms with E-state index in [4.69, 9.17) is 4.74 Å². The van der Waals surface area contributed by atoms with E-state index in [9.17, 15) is 9.59 Å². The van der Waals surface area contributed by atoms with Crippen molar-refractivity contribution in [2.45, 2.75) is 19.4 Å². The number of hydrogen-bond acceptors (Lipinski definition) is 5. The molecule has 0 bridgehead atoms. The van der Waals surface area contributed by atoms with Crippen molar-refractivity contribution < 1.29 is 9.53 Å². The fourth-order valence-electron chi connectivity index (χ4n) is 4.98. The number of amides is 1. The minimum atomic E-state index is -0.458. The molecule has 176 valence electrons. The second kappa shape index (κ2) is 8.85. The monoisotopic (exact) mass is 459 g/mol. The lowest BCUT2D eigenvalue weighted by molar-refractivity contribution is -0.135.